The first kappa shape index (κ1) is 20.6. The molecule has 1 aromatic heterocycles. The Hall–Kier alpha value is -2.18. The summed E-state index contributed by atoms with van der Waals surface area (Å²) in [6.45, 7) is 6.74. The van der Waals surface area contributed by atoms with E-state index in [1.54, 1.807) is 6.92 Å². The Morgan fingerprint density at radius 1 is 1.32 bits per heavy atom. The predicted octanol–water partition coefficient (Wildman–Crippen LogP) is 3.31. The van der Waals surface area contributed by atoms with Crippen molar-refractivity contribution in [2.75, 3.05) is 18.5 Å². The number of carbonyl (C=O) groups is 2. The van der Waals surface area contributed by atoms with Crippen LogP contribution in [-0.2, 0) is 22.4 Å². The molecule has 1 aromatic carbocycles. The van der Waals surface area contributed by atoms with Crippen molar-refractivity contribution < 1.29 is 19.6 Å². The van der Waals surface area contributed by atoms with Crippen LogP contribution < -0.4 is 10.6 Å². The van der Waals surface area contributed by atoms with E-state index in [0.29, 0.717) is 29.6 Å². The lowest BCUT2D eigenvalue weighted by Gasteiger charge is -2.18. The number of esters is 1. The molecule has 150 valence electrons. The standard InChI is InChI=1S/C22H28N2O3S/c1-4-27-22(26)20-17-11-10-14(2)12-18(17)28-21(20)24-19(25)13-23-15(3)16-8-6-5-7-9-16/h5-9,14-15,23H,4,10-13H2,1-3H3,(H,24,25)/p+1/t14-,15+/m0/s1. The number of carbonyl (C=O) groups excluding carboxylic acids is 2. The van der Waals surface area contributed by atoms with E-state index in [2.05, 4.69) is 31.3 Å². The van der Waals surface area contributed by atoms with Crippen molar-refractivity contribution in [3.63, 3.8) is 0 Å². The minimum absolute atomic E-state index is 0.0972. The maximum absolute atomic E-state index is 12.6. The third-order valence-corrected chi connectivity index (χ3v) is 6.40. The van der Waals surface area contributed by atoms with Crippen LogP contribution in [-0.4, -0.2) is 25.0 Å². The molecule has 2 aromatic rings. The Kier molecular flexibility index (Phi) is 6.86. The van der Waals surface area contributed by atoms with Crippen molar-refractivity contribution in [1.29, 1.82) is 0 Å². The molecule has 3 N–H and O–H groups in total. The summed E-state index contributed by atoms with van der Waals surface area (Å²) in [5.41, 5.74) is 2.82. The van der Waals surface area contributed by atoms with Crippen LogP contribution in [0.1, 0.15) is 59.6 Å². The highest BCUT2D eigenvalue weighted by Crippen LogP contribution is 2.40. The Morgan fingerprint density at radius 2 is 2.07 bits per heavy atom. The van der Waals surface area contributed by atoms with E-state index in [1.807, 2.05) is 23.5 Å². The highest BCUT2D eigenvalue weighted by molar-refractivity contribution is 7.17. The predicted molar refractivity (Wildman–Crippen MR) is 112 cm³/mol. The zero-order valence-electron chi connectivity index (χ0n) is 16.8. The molecule has 0 saturated heterocycles. The third kappa shape index (κ3) is 4.80. The Morgan fingerprint density at radius 3 is 2.79 bits per heavy atom. The fraction of sp³-hybridized carbons (Fsp3) is 0.455. The smallest absolute Gasteiger partial charge is 0.341 e. The lowest BCUT2D eigenvalue weighted by molar-refractivity contribution is -0.682. The summed E-state index contributed by atoms with van der Waals surface area (Å²) in [5.74, 6) is 0.177. The fourth-order valence-corrected chi connectivity index (χ4v) is 5.03. The zero-order valence-corrected chi connectivity index (χ0v) is 17.6. The number of rotatable bonds is 7. The van der Waals surface area contributed by atoms with Crippen molar-refractivity contribution in [3.05, 3.63) is 51.9 Å². The summed E-state index contributed by atoms with van der Waals surface area (Å²) >= 11 is 1.53. The number of ether oxygens (including phenoxy) is 1. The summed E-state index contributed by atoms with van der Waals surface area (Å²) < 4.78 is 5.27. The first-order valence-corrected chi connectivity index (χ1v) is 10.8. The van der Waals surface area contributed by atoms with Gasteiger partial charge in [-0.15, -0.1) is 11.3 Å². The second-order valence-electron chi connectivity index (χ2n) is 7.46. The molecule has 0 aliphatic heterocycles. The number of hydrogen-bond acceptors (Lipinski definition) is 4. The van der Waals surface area contributed by atoms with E-state index in [-0.39, 0.29) is 17.9 Å². The van der Waals surface area contributed by atoms with Crippen LogP contribution in [0.5, 0.6) is 0 Å². The molecule has 3 rings (SSSR count). The van der Waals surface area contributed by atoms with Crippen molar-refractivity contribution in [3.8, 4) is 0 Å². The van der Waals surface area contributed by atoms with Gasteiger partial charge in [0.15, 0.2) is 6.54 Å². The van der Waals surface area contributed by atoms with Gasteiger partial charge in [-0.25, -0.2) is 4.79 Å². The van der Waals surface area contributed by atoms with Crippen molar-refractivity contribution >= 4 is 28.2 Å². The summed E-state index contributed by atoms with van der Waals surface area (Å²) in [4.78, 5) is 26.3. The first-order chi connectivity index (χ1) is 13.5. The maximum atomic E-state index is 12.6. The van der Waals surface area contributed by atoms with Gasteiger partial charge in [-0.3, -0.25) is 4.79 Å². The number of nitrogens with two attached hydrogens (primary N) is 1. The van der Waals surface area contributed by atoms with Gasteiger partial charge in [0, 0.05) is 10.4 Å². The van der Waals surface area contributed by atoms with E-state index in [9.17, 15) is 9.59 Å². The van der Waals surface area contributed by atoms with Crippen molar-refractivity contribution in [2.45, 2.75) is 46.1 Å². The summed E-state index contributed by atoms with van der Waals surface area (Å²) in [7, 11) is 0. The van der Waals surface area contributed by atoms with Crippen LogP contribution in [0.2, 0.25) is 0 Å². The molecule has 1 aliphatic carbocycles. The van der Waals surface area contributed by atoms with Gasteiger partial charge >= 0.3 is 5.97 Å². The van der Waals surface area contributed by atoms with Crippen LogP contribution in [0.25, 0.3) is 0 Å². The quantitative estimate of drug-likeness (QED) is 0.699. The number of fused-ring (bicyclic) bond motifs is 1. The fourth-order valence-electron chi connectivity index (χ4n) is 3.61. The van der Waals surface area contributed by atoms with Crippen LogP contribution in [0.4, 0.5) is 5.00 Å². The highest BCUT2D eigenvalue weighted by Gasteiger charge is 2.29. The number of benzene rings is 1. The number of anilines is 1. The van der Waals surface area contributed by atoms with E-state index in [0.717, 1.165) is 24.8 Å². The second kappa shape index (κ2) is 9.34. The molecule has 0 radical (unpaired) electrons. The van der Waals surface area contributed by atoms with Gasteiger partial charge in [0.25, 0.3) is 5.91 Å². The number of thiophene rings is 1. The Labute approximate surface area is 170 Å². The van der Waals surface area contributed by atoms with Gasteiger partial charge in [-0.05, 0) is 44.6 Å². The number of nitrogens with one attached hydrogen (secondary N) is 1. The molecule has 2 atom stereocenters. The number of amides is 1. The summed E-state index contributed by atoms with van der Waals surface area (Å²) in [6, 6.07) is 10.3. The molecule has 5 nitrogen and oxygen atoms in total. The maximum Gasteiger partial charge on any atom is 0.341 e. The van der Waals surface area contributed by atoms with Gasteiger partial charge in [-0.1, -0.05) is 37.3 Å². The minimum Gasteiger partial charge on any atom is -0.462 e. The number of hydrogen-bond donors (Lipinski definition) is 2. The van der Waals surface area contributed by atoms with E-state index in [1.165, 1.54) is 21.8 Å². The van der Waals surface area contributed by atoms with Crippen LogP contribution in [0.15, 0.2) is 30.3 Å². The second-order valence-corrected chi connectivity index (χ2v) is 8.57. The molecular weight excluding hydrogens is 372 g/mol. The minimum atomic E-state index is -0.327. The lowest BCUT2D eigenvalue weighted by Crippen LogP contribution is -2.86. The first-order valence-electron chi connectivity index (χ1n) is 9.99. The molecule has 0 spiro atoms. The molecule has 6 heteroatoms. The average molecular weight is 402 g/mol. The van der Waals surface area contributed by atoms with Crippen molar-refractivity contribution in [1.82, 2.24) is 0 Å². The summed E-state index contributed by atoms with van der Waals surface area (Å²) in [5, 5.41) is 5.62. The molecule has 0 saturated carbocycles. The van der Waals surface area contributed by atoms with Crippen molar-refractivity contribution in [2.24, 2.45) is 5.92 Å². The Bertz CT molecular complexity index is 832. The van der Waals surface area contributed by atoms with Gasteiger partial charge in [0.05, 0.1) is 12.2 Å². The third-order valence-electron chi connectivity index (χ3n) is 5.23. The van der Waals surface area contributed by atoms with Crippen LogP contribution in [0, 0.1) is 5.92 Å². The molecule has 1 amide bonds. The monoisotopic (exact) mass is 401 g/mol. The van der Waals surface area contributed by atoms with Gasteiger partial charge < -0.3 is 15.4 Å². The number of quaternary nitrogens is 1. The SMILES string of the molecule is CCOC(=O)c1c(NC(=O)C[NH2+][C@H](C)c2ccccc2)sc2c1CC[C@H](C)C2. The average Bonchev–Trinajstić information content (AvgIpc) is 3.03. The van der Waals surface area contributed by atoms with Gasteiger partial charge in [-0.2, -0.15) is 0 Å². The lowest BCUT2D eigenvalue weighted by atomic mass is 9.88. The van der Waals surface area contributed by atoms with E-state index in [4.69, 9.17) is 4.74 Å². The Balaban J connectivity index is 1.70. The molecule has 1 aliphatic rings. The molecule has 0 fully saturated rings. The molecular formula is C22H29N2O3S+. The van der Waals surface area contributed by atoms with Crippen LogP contribution in [0.3, 0.4) is 0 Å². The summed E-state index contributed by atoms with van der Waals surface area (Å²) in [6.07, 6.45) is 2.89. The van der Waals surface area contributed by atoms with E-state index < -0.39 is 0 Å². The van der Waals surface area contributed by atoms with E-state index >= 15 is 0 Å². The molecule has 1 heterocycles. The molecule has 0 unspecified atom stereocenters. The topological polar surface area (TPSA) is 72.0 Å². The molecule has 28 heavy (non-hydrogen) atoms. The van der Waals surface area contributed by atoms with Gasteiger partial charge in [0.2, 0.25) is 0 Å². The zero-order chi connectivity index (χ0) is 20.1. The normalized spacial score (nSPS) is 16.9. The molecule has 0 bridgehead atoms. The largest absolute Gasteiger partial charge is 0.462 e. The van der Waals surface area contributed by atoms with Gasteiger partial charge in [0.1, 0.15) is 11.0 Å². The highest BCUT2D eigenvalue weighted by atomic mass is 32.1. The van der Waals surface area contributed by atoms with Crippen LogP contribution >= 0.6 is 11.3 Å².